The molecule has 1 atom stereocenters. The summed E-state index contributed by atoms with van der Waals surface area (Å²) in [7, 11) is 0. The number of hydrogen-bond donors (Lipinski definition) is 1. The Morgan fingerprint density at radius 3 is 2.68 bits per heavy atom. The summed E-state index contributed by atoms with van der Waals surface area (Å²) < 4.78 is 5.82. The fourth-order valence-corrected chi connectivity index (χ4v) is 2.04. The maximum atomic E-state index is 5.82. The lowest BCUT2D eigenvalue weighted by Gasteiger charge is -2.14. The number of rotatable bonds is 9. The summed E-state index contributed by atoms with van der Waals surface area (Å²) in [5.74, 6) is 1.56. The second-order valence-corrected chi connectivity index (χ2v) is 5.57. The second kappa shape index (κ2) is 8.98. The smallest absolute Gasteiger partial charge is 0.119 e. The molecule has 0 aliphatic rings. The molecule has 19 heavy (non-hydrogen) atoms. The largest absolute Gasteiger partial charge is 0.494 e. The van der Waals surface area contributed by atoms with Crippen LogP contribution in [0.2, 0.25) is 0 Å². The average molecular weight is 263 g/mol. The minimum absolute atomic E-state index is 0.557. The number of nitrogens with one attached hydrogen (secondary N) is 1. The number of ether oxygens (including phenoxy) is 1. The Morgan fingerprint density at radius 1 is 1.21 bits per heavy atom. The zero-order chi connectivity index (χ0) is 14.1. The van der Waals surface area contributed by atoms with Crippen molar-refractivity contribution in [2.24, 2.45) is 0 Å². The summed E-state index contributed by atoms with van der Waals surface area (Å²) in [5.41, 5.74) is 1.34. The van der Waals surface area contributed by atoms with Crippen molar-refractivity contribution >= 4 is 0 Å². The zero-order valence-corrected chi connectivity index (χ0v) is 12.9. The van der Waals surface area contributed by atoms with Crippen LogP contribution in [0.3, 0.4) is 0 Å². The molecule has 0 saturated carbocycles. The minimum atomic E-state index is 0.557. The van der Waals surface area contributed by atoms with E-state index >= 15 is 0 Å². The molecular formula is C17H29NO. The molecule has 1 aromatic rings. The van der Waals surface area contributed by atoms with E-state index < -0.39 is 0 Å². The lowest BCUT2D eigenvalue weighted by atomic mass is 10.0. The second-order valence-electron chi connectivity index (χ2n) is 5.57. The first kappa shape index (κ1) is 16.0. The van der Waals surface area contributed by atoms with Crippen molar-refractivity contribution in [3.05, 3.63) is 29.8 Å². The third-order valence-electron chi connectivity index (χ3n) is 3.32. The number of hydrogen-bond acceptors (Lipinski definition) is 2. The molecule has 2 nitrogen and oxygen atoms in total. The van der Waals surface area contributed by atoms with Gasteiger partial charge in [0.15, 0.2) is 0 Å². The van der Waals surface area contributed by atoms with E-state index in [9.17, 15) is 0 Å². The quantitative estimate of drug-likeness (QED) is 0.668. The monoisotopic (exact) mass is 263 g/mol. The van der Waals surface area contributed by atoms with Gasteiger partial charge in [0.25, 0.3) is 0 Å². The van der Waals surface area contributed by atoms with Crippen molar-refractivity contribution < 1.29 is 4.74 Å². The Labute approximate surface area is 118 Å². The fourth-order valence-electron chi connectivity index (χ4n) is 2.04. The summed E-state index contributed by atoms with van der Waals surface area (Å²) in [5, 5.41) is 3.50. The predicted octanol–water partition coefficient (Wildman–Crippen LogP) is 4.36. The minimum Gasteiger partial charge on any atom is -0.494 e. The first-order chi connectivity index (χ1) is 9.13. The molecule has 1 rings (SSSR count). The van der Waals surface area contributed by atoms with Gasteiger partial charge in [0, 0.05) is 6.04 Å². The van der Waals surface area contributed by atoms with Crippen LogP contribution in [0.25, 0.3) is 0 Å². The van der Waals surface area contributed by atoms with Crippen LogP contribution in [0, 0.1) is 0 Å². The van der Waals surface area contributed by atoms with Crippen LogP contribution in [0.1, 0.15) is 58.4 Å². The molecule has 0 aliphatic carbocycles. The van der Waals surface area contributed by atoms with Crippen LogP contribution >= 0.6 is 0 Å². The van der Waals surface area contributed by atoms with Crippen LogP contribution in [-0.4, -0.2) is 19.2 Å². The Balaban J connectivity index is 2.24. The Hall–Kier alpha value is -1.02. The van der Waals surface area contributed by atoms with Crippen LogP contribution in [0.4, 0.5) is 0 Å². The van der Waals surface area contributed by atoms with E-state index in [1.165, 1.54) is 18.4 Å². The molecule has 0 spiro atoms. The summed E-state index contributed by atoms with van der Waals surface area (Å²) in [4.78, 5) is 0. The van der Waals surface area contributed by atoms with Crippen molar-refractivity contribution in [2.75, 3.05) is 13.2 Å². The van der Waals surface area contributed by atoms with E-state index in [1.807, 2.05) is 6.07 Å². The Kier molecular flexibility index (Phi) is 7.57. The third kappa shape index (κ3) is 6.63. The molecule has 0 bridgehead atoms. The van der Waals surface area contributed by atoms with Gasteiger partial charge in [-0.2, -0.15) is 0 Å². The zero-order valence-electron chi connectivity index (χ0n) is 12.9. The lowest BCUT2D eigenvalue weighted by molar-refractivity contribution is 0.297. The van der Waals surface area contributed by atoms with Gasteiger partial charge in [-0.15, -0.1) is 0 Å². The van der Waals surface area contributed by atoms with Crippen LogP contribution < -0.4 is 10.1 Å². The molecule has 0 amide bonds. The van der Waals surface area contributed by atoms with Crippen molar-refractivity contribution in [1.82, 2.24) is 5.32 Å². The van der Waals surface area contributed by atoms with Crippen LogP contribution in [0.5, 0.6) is 5.75 Å². The molecule has 108 valence electrons. The fraction of sp³-hybridized carbons (Fsp3) is 0.647. The van der Waals surface area contributed by atoms with Gasteiger partial charge in [-0.1, -0.05) is 32.9 Å². The van der Waals surface area contributed by atoms with Crippen molar-refractivity contribution in [3.8, 4) is 5.75 Å². The van der Waals surface area contributed by atoms with E-state index in [4.69, 9.17) is 4.74 Å². The highest BCUT2D eigenvalue weighted by Gasteiger charge is 2.02. The summed E-state index contributed by atoms with van der Waals surface area (Å²) in [6, 6.07) is 9.03. The van der Waals surface area contributed by atoms with E-state index in [2.05, 4.69) is 51.2 Å². The third-order valence-corrected chi connectivity index (χ3v) is 3.32. The highest BCUT2D eigenvalue weighted by Crippen LogP contribution is 2.20. The Morgan fingerprint density at radius 2 is 2.00 bits per heavy atom. The van der Waals surface area contributed by atoms with E-state index in [1.54, 1.807) is 0 Å². The summed E-state index contributed by atoms with van der Waals surface area (Å²) in [6.07, 6.45) is 3.47. The highest BCUT2D eigenvalue weighted by atomic mass is 16.5. The molecule has 0 heterocycles. The van der Waals surface area contributed by atoms with Crippen molar-refractivity contribution in [1.29, 1.82) is 0 Å². The van der Waals surface area contributed by atoms with Crippen molar-refractivity contribution in [3.63, 3.8) is 0 Å². The predicted molar refractivity (Wildman–Crippen MR) is 83.0 cm³/mol. The van der Waals surface area contributed by atoms with E-state index in [0.29, 0.717) is 12.0 Å². The maximum Gasteiger partial charge on any atom is 0.119 e. The van der Waals surface area contributed by atoms with Gasteiger partial charge >= 0.3 is 0 Å². The van der Waals surface area contributed by atoms with Gasteiger partial charge in [-0.3, -0.25) is 0 Å². The maximum absolute atomic E-state index is 5.82. The number of benzene rings is 1. The lowest BCUT2D eigenvalue weighted by Crippen LogP contribution is -2.26. The molecule has 0 radical (unpaired) electrons. The summed E-state index contributed by atoms with van der Waals surface area (Å²) >= 11 is 0. The van der Waals surface area contributed by atoms with Gasteiger partial charge in [0.2, 0.25) is 0 Å². The normalized spacial score (nSPS) is 12.7. The molecule has 0 fully saturated rings. The molecule has 1 N–H and O–H groups in total. The first-order valence-corrected chi connectivity index (χ1v) is 7.59. The van der Waals surface area contributed by atoms with Gasteiger partial charge in [0.1, 0.15) is 5.75 Å². The standard InChI is InChI=1S/C17H29NO/c1-5-11-18-15(4)8-7-12-19-17-10-6-9-16(13-17)14(2)3/h6,9-10,13-15,18H,5,7-8,11-12H2,1-4H3. The molecule has 2 heteroatoms. The summed E-state index contributed by atoms with van der Waals surface area (Å²) in [6.45, 7) is 10.8. The molecule has 1 aromatic carbocycles. The SMILES string of the molecule is CCCNC(C)CCCOc1cccc(C(C)C)c1. The molecule has 0 aromatic heterocycles. The van der Waals surface area contributed by atoms with Gasteiger partial charge in [-0.05, 0) is 56.3 Å². The van der Waals surface area contributed by atoms with E-state index in [-0.39, 0.29) is 0 Å². The van der Waals surface area contributed by atoms with E-state index in [0.717, 1.165) is 25.3 Å². The molecule has 0 saturated heterocycles. The highest BCUT2D eigenvalue weighted by molar-refractivity contribution is 5.30. The average Bonchev–Trinajstić information content (AvgIpc) is 2.41. The van der Waals surface area contributed by atoms with Crippen LogP contribution in [0.15, 0.2) is 24.3 Å². The molecule has 0 aliphatic heterocycles. The van der Waals surface area contributed by atoms with Crippen LogP contribution in [-0.2, 0) is 0 Å². The Bertz CT molecular complexity index is 349. The first-order valence-electron chi connectivity index (χ1n) is 7.59. The van der Waals surface area contributed by atoms with Crippen molar-refractivity contribution in [2.45, 2.75) is 58.9 Å². The van der Waals surface area contributed by atoms with Gasteiger partial charge < -0.3 is 10.1 Å². The van der Waals surface area contributed by atoms with Gasteiger partial charge in [-0.25, -0.2) is 0 Å². The molecular weight excluding hydrogens is 234 g/mol. The van der Waals surface area contributed by atoms with Gasteiger partial charge in [0.05, 0.1) is 6.61 Å². The topological polar surface area (TPSA) is 21.3 Å². The molecule has 1 unspecified atom stereocenters.